The third-order valence-corrected chi connectivity index (χ3v) is 5.62. The molecule has 0 spiro atoms. The predicted octanol–water partition coefficient (Wildman–Crippen LogP) is 3.12. The Morgan fingerprint density at radius 1 is 1.00 bits per heavy atom. The van der Waals surface area contributed by atoms with Gasteiger partial charge in [0.15, 0.2) is 11.6 Å². The number of nitrogens with zero attached hydrogens (tertiary/aromatic N) is 1. The molecule has 2 aliphatic rings. The molecular weight excluding hydrogens is 326 g/mol. The van der Waals surface area contributed by atoms with Gasteiger partial charge in [-0.3, -0.25) is 14.5 Å². The van der Waals surface area contributed by atoms with Crippen LogP contribution >= 0.6 is 0 Å². The van der Waals surface area contributed by atoms with Crippen molar-refractivity contribution in [2.75, 3.05) is 26.3 Å². The number of carbonyl (C=O) groups excluding carboxylic acids is 2. The van der Waals surface area contributed by atoms with Gasteiger partial charge in [0.2, 0.25) is 0 Å². The van der Waals surface area contributed by atoms with E-state index in [0.29, 0.717) is 24.3 Å². The number of morpholine rings is 1. The van der Waals surface area contributed by atoms with Crippen LogP contribution < -0.4 is 0 Å². The molecule has 0 amide bonds. The molecule has 4 nitrogen and oxygen atoms in total. The lowest BCUT2D eigenvalue weighted by Gasteiger charge is -2.39. The van der Waals surface area contributed by atoms with Gasteiger partial charge in [0.25, 0.3) is 0 Å². The maximum atomic E-state index is 13.2. The summed E-state index contributed by atoms with van der Waals surface area (Å²) in [5.74, 6) is 0.0644. The first-order valence-electron chi connectivity index (χ1n) is 9.11. The van der Waals surface area contributed by atoms with Crippen LogP contribution in [0.3, 0.4) is 0 Å². The van der Waals surface area contributed by atoms with Gasteiger partial charge in [-0.1, -0.05) is 36.4 Å². The fraction of sp³-hybridized carbons (Fsp3) is 0.364. The lowest BCUT2D eigenvalue weighted by Crippen LogP contribution is -2.54. The van der Waals surface area contributed by atoms with E-state index < -0.39 is 5.54 Å². The van der Waals surface area contributed by atoms with Gasteiger partial charge in [0.05, 0.1) is 18.8 Å². The number of rotatable bonds is 3. The Labute approximate surface area is 153 Å². The second-order valence-corrected chi connectivity index (χ2v) is 7.52. The molecule has 134 valence electrons. The normalized spacial score (nSPS) is 17.5. The average Bonchev–Trinajstić information content (AvgIpc) is 2.68. The zero-order valence-corrected chi connectivity index (χ0v) is 15.2. The van der Waals surface area contributed by atoms with E-state index in [1.807, 2.05) is 50.2 Å². The number of benzene rings is 2. The Morgan fingerprint density at radius 3 is 2.46 bits per heavy atom. The van der Waals surface area contributed by atoms with Crippen LogP contribution in [0.4, 0.5) is 0 Å². The van der Waals surface area contributed by atoms with Crippen molar-refractivity contribution in [2.24, 2.45) is 0 Å². The maximum absolute atomic E-state index is 13.2. The minimum absolute atomic E-state index is 0.0145. The highest BCUT2D eigenvalue weighted by Crippen LogP contribution is 2.29. The summed E-state index contributed by atoms with van der Waals surface area (Å²) in [6.45, 7) is 6.70. The molecule has 0 atom stereocenters. The number of fused-ring (bicyclic) bond motifs is 2. The van der Waals surface area contributed by atoms with Gasteiger partial charge >= 0.3 is 0 Å². The van der Waals surface area contributed by atoms with E-state index in [0.717, 1.165) is 36.2 Å². The molecule has 4 heteroatoms. The Morgan fingerprint density at radius 2 is 1.69 bits per heavy atom. The Bertz CT molecular complexity index is 879. The van der Waals surface area contributed by atoms with Crippen molar-refractivity contribution in [1.82, 2.24) is 4.90 Å². The van der Waals surface area contributed by atoms with Crippen LogP contribution in [0.25, 0.3) is 0 Å². The summed E-state index contributed by atoms with van der Waals surface area (Å²) in [7, 11) is 0. The highest BCUT2D eigenvalue weighted by molar-refractivity contribution is 6.14. The standard InChI is InChI=1S/C22H23NO3/c1-22(2,23-9-11-26-12-10-23)21(25)17-8-7-16-13-15-5-3-4-6-18(15)20(24)19(16)14-17/h3-8,14H,9-13H2,1-2H3. The van der Waals surface area contributed by atoms with Gasteiger partial charge < -0.3 is 4.74 Å². The number of hydrogen-bond acceptors (Lipinski definition) is 4. The highest BCUT2D eigenvalue weighted by Gasteiger charge is 2.36. The smallest absolute Gasteiger partial charge is 0.193 e. The second-order valence-electron chi connectivity index (χ2n) is 7.52. The van der Waals surface area contributed by atoms with Crippen molar-refractivity contribution in [3.05, 3.63) is 70.3 Å². The van der Waals surface area contributed by atoms with Crippen LogP contribution in [-0.4, -0.2) is 48.3 Å². The van der Waals surface area contributed by atoms with Crippen LogP contribution in [0.1, 0.15) is 51.3 Å². The molecule has 0 unspecified atom stereocenters. The third kappa shape index (κ3) is 2.79. The Hall–Kier alpha value is -2.30. The van der Waals surface area contributed by atoms with Gasteiger partial charge in [-0.05, 0) is 37.5 Å². The van der Waals surface area contributed by atoms with Crippen LogP contribution in [0.2, 0.25) is 0 Å². The van der Waals surface area contributed by atoms with Crippen molar-refractivity contribution >= 4 is 11.6 Å². The first-order chi connectivity index (χ1) is 12.5. The summed E-state index contributed by atoms with van der Waals surface area (Å²) in [4.78, 5) is 28.3. The summed E-state index contributed by atoms with van der Waals surface area (Å²) in [5.41, 5.74) is 3.44. The van der Waals surface area contributed by atoms with E-state index >= 15 is 0 Å². The molecule has 0 bridgehead atoms. The molecule has 0 radical (unpaired) electrons. The molecule has 0 aromatic heterocycles. The number of ketones is 2. The molecule has 1 aliphatic carbocycles. The SMILES string of the molecule is CC(C)(C(=O)c1ccc2c(c1)C(=O)c1ccccc1C2)N1CCOCC1. The second kappa shape index (κ2) is 6.45. The maximum Gasteiger partial charge on any atom is 0.193 e. The van der Waals surface area contributed by atoms with Gasteiger partial charge in [-0.15, -0.1) is 0 Å². The van der Waals surface area contributed by atoms with Crippen molar-refractivity contribution in [3.8, 4) is 0 Å². The van der Waals surface area contributed by atoms with Crippen molar-refractivity contribution in [3.63, 3.8) is 0 Å². The third-order valence-electron chi connectivity index (χ3n) is 5.62. The monoisotopic (exact) mass is 349 g/mol. The fourth-order valence-corrected chi connectivity index (χ4v) is 3.95. The molecule has 1 heterocycles. The Kier molecular flexibility index (Phi) is 4.25. The molecule has 2 aromatic rings. The Balaban J connectivity index is 1.67. The quantitative estimate of drug-likeness (QED) is 0.682. The number of hydrogen-bond donors (Lipinski definition) is 0. The first-order valence-corrected chi connectivity index (χ1v) is 9.11. The molecule has 2 aromatic carbocycles. The van der Waals surface area contributed by atoms with Crippen LogP contribution in [-0.2, 0) is 11.2 Å². The molecule has 1 saturated heterocycles. The number of ether oxygens (including phenoxy) is 1. The summed E-state index contributed by atoms with van der Waals surface area (Å²) in [5, 5.41) is 0. The van der Waals surface area contributed by atoms with Crippen molar-refractivity contribution in [2.45, 2.75) is 25.8 Å². The van der Waals surface area contributed by atoms with E-state index in [4.69, 9.17) is 4.74 Å². The summed E-state index contributed by atoms with van der Waals surface area (Å²) in [6, 6.07) is 13.3. The van der Waals surface area contributed by atoms with Gasteiger partial charge in [0.1, 0.15) is 0 Å². The molecular formula is C22H23NO3. The van der Waals surface area contributed by atoms with Gasteiger partial charge in [-0.25, -0.2) is 0 Å². The van der Waals surface area contributed by atoms with Gasteiger partial charge in [0, 0.05) is 29.8 Å². The molecule has 1 aliphatic heterocycles. The van der Waals surface area contributed by atoms with Crippen molar-refractivity contribution < 1.29 is 14.3 Å². The molecule has 0 saturated carbocycles. The van der Waals surface area contributed by atoms with Crippen LogP contribution in [0.5, 0.6) is 0 Å². The molecule has 26 heavy (non-hydrogen) atoms. The van der Waals surface area contributed by atoms with Gasteiger partial charge in [-0.2, -0.15) is 0 Å². The molecule has 4 rings (SSSR count). The zero-order valence-electron chi connectivity index (χ0n) is 15.2. The lowest BCUT2D eigenvalue weighted by molar-refractivity contribution is -0.00429. The summed E-state index contributed by atoms with van der Waals surface area (Å²) in [6.07, 6.45) is 0.735. The lowest BCUT2D eigenvalue weighted by atomic mass is 9.82. The van der Waals surface area contributed by atoms with E-state index in [2.05, 4.69) is 4.90 Å². The fourth-order valence-electron chi connectivity index (χ4n) is 3.95. The van der Waals surface area contributed by atoms with E-state index in [-0.39, 0.29) is 11.6 Å². The van der Waals surface area contributed by atoms with E-state index in [1.165, 1.54) is 0 Å². The van der Waals surface area contributed by atoms with Crippen LogP contribution in [0, 0.1) is 0 Å². The first kappa shape index (κ1) is 17.1. The average molecular weight is 349 g/mol. The van der Waals surface area contributed by atoms with E-state index in [9.17, 15) is 9.59 Å². The number of carbonyl (C=O) groups is 2. The minimum atomic E-state index is -0.617. The largest absolute Gasteiger partial charge is 0.379 e. The topological polar surface area (TPSA) is 46.6 Å². The molecule has 0 N–H and O–H groups in total. The molecule has 1 fully saturated rings. The summed E-state index contributed by atoms with van der Waals surface area (Å²) >= 11 is 0. The highest BCUT2D eigenvalue weighted by atomic mass is 16.5. The zero-order chi connectivity index (χ0) is 18.3. The van der Waals surface area contributed by atoms with Crippen molar-refractivity contribution in [1.29, 1.82) is 0 Å². The van der Waals surface area contributed by atoms with E-state index in [1.54, 1.807) is 6.07 Å². The number of Topliss-reactive ketones (excluding diaryl/α,β-unsaturated/α-hetero) is 1. The van der Waals surface area contributed by atoms with Crippen LogP contribution in [0.15, 0.2) is 42.5 Å². The minimum Gasteiger partial charge on any atom is -0.379 e. The predicted molar refractivity (Wildman–Crippen MR) is 99.9 cm³/mol. The summed E-state index contributed by atoms with van der Waals surface area (Å²) < 4.78 is 5.40.